The number of rotatable bonds is 6. The van der Waals surface area contributed by atoms with E-state index >= 15 is 0 Å². The number of nitrogens with one attached hydrogen (secondary N) is 1. The predicted molar refractivity (Wildman–Crippen MR) is 111 cm³/mol. The summed E-state index contributed by atoms with van der Waals surface area (Å²) >= 11 is 0. The van der Waals surface area contributed by atoms with Crippen molar-refractivity contribution < 1.29 is 14.5 Å². The molecular formula is C19H23N9O3. The summed E-state index contributed by atoms with van der Waals surface area (Å²) in [6.45, 7) is 2.28. The number of nitrogens with two attached hydrogens (primary N) is 1. The third-order valence-electron chi connectivity index (χ3n) is 5.02. The van der Waals surface area contributed by atoms with Crippen LogP contribution in [-0.4, -0.2) is 60.5 Å². The number of nitrogens with zero attached hydrogens (tertiary/aromatic N) is 7. The quantitative estimate of drug-likeness (QED) is 0.387. The van der Waals surface area contributed by atoms with Gasteiger partial charge >= 0.3 is 0 Å². The van der Waals surface area contributed by atoms with Gasteiger partial charge in [0.1, 0.15) is 5.75 Å². The molecule has 2 aromatic heterocycles. The molecule has 0 aliphatic carbocycles. The molecule has 12 nitrogen and oxygen atoms in total. The first-order valence-corrected chi connectivity index (χ1v) is 9.99. The highest BCUT2D eigenvalue weighted by Crippen LogP contribution is 2.19. The van der Waals surface area contributed by atoms with Gasteiger partial charge in [-0.05, 0) is 66.1 Å². The van der Waals surface area contributed by atoms with Crippen molar-refractivity contribution in [2.75, 3.05) is 18.8 Å². The van der Waals surface area contributed by atoms with E-state index in [0.717, 1.165) is 25.9 Å². The van der Waals surface area contributed by atoms with Crippen molar-refractivity contribution in [3.05, 3.63) is 41.2 Å². The zero-order chi connectivity index (χ0) is 21.6. The van der Waals surface area contributed by atoms with Crippen molar-refractivity contribution >= 4 is 17.9 Å². The molecule has 3 heterocycles. The van der Waals surface area contributed by atoms with Gasteiger partial charge in [0.2, 0.25) is 11.6 Å². The summed E-state index contributed by atoms with van der Waals surface area (Å²) in [5, 5.41) is 28.8. The van der Waals surface area contributed by atoms with Crippen LogP contribution < -0.4 is 11.2 Å². The molecule has 3 aromatic rings. The number of hydrogen-bond acceptors (Lipinski definition) is 10. The van der Waals surface area contributed by atoms with Crippen LogP contribution in [0.1, 0.15) is 47.4 Å². The molecule has 4 rings (SSSR count). The largest absolute Gasteiger partial charge is 0.508 e. The Kier molecular flexibility index (Phi) is 6.17. The van der Waals surface area contributed by atoms with Crippen molar-refractivity contribution in [1.29, 1.82) is 0 Å². The van der Waals surface area contributed by atoms with Crippen LogP contribution in [0.3, 0.4) is 0 Å². The Morgan fingerprint density at radius 1 is 1.19 bits per heavy atom. The van der Waals surface area contributed by atoms with Crippen LogP contribution in [0, 0.1) is 0 Å². The third kappa shape index (κ3) is 4.86. The summed E-state index contributed by atoms with van der Waals surface area (Å²) in [6.07, 6.45) is 6.03. The number of nitrogen functional groups attached to an aromatic ring is 1. The topological polar surface area (TPSA) is 161 Å². The third-order valence-corrected chi connectivity index (χ3v) is 5.02. The van der Waals surface area contributed by atoms with E-state index in [0.29, 0.717) is 17.8 Å². The SMILES string of the molecule is Nc1nonc1-n1nnc(C(=O)N/N=C\c2ccc(O)cc2)c1CN1CCCCCC1. The van der Waals surface area contributed by atoms with E-state index in [9.17, 15) is 9.90 Å². The number of hydrogen-bond donors (Lipinski definition) is 3. The lowest BCUT2D eigenvalue weighted by atomic mass is 10.2. The number of benzene rings is 1. The number of amides is 1. The van der Waals surface area contributed by atoms with Crippen molar-refractivity contribution in [2.24, 2.45) is 5.10 Å². The van der Waals surface area contributed by atoms with E-state index in [2.05, 4.69) is 40.7 Å². The first-order chi connectivity index (χ1) is 15.1. The average molecular weight is 425 g/mol. The van der Waals surface area contributed by atoms with Gasteiger partial charge < -0.3 is 10.8 Å². The van der Waals surface area contributed by atoms with Crippen molar-refractivity contribution in [2.45, 2.75) is 32.2 Å². The van der Waals surface area contributed by atoms with Gasteiger partial charge in [0, 0.05) is 6.54 Å². The fourth-order valence-corrected chi connectivity index (χ4v) is 3.41. The molecule has 0 saturated carbocycles. The monoisotopic (exact) mass is 425 g/mol. The number of hydrazone groups is 1. The number of phenolic OH excluding ortho intramolecular Hbond substituents is 1. The van der Waals surface area contributed by atoms with Gasteiger partial charge in [-0.1, -0.05) is 18.1 Å². The lowest BCUT2D eigenvalue weighted by Crippen LogP contribution is -2.28. The Hall–Kier alpha value is -3.80. The number of carbonyl (C=O) groups excluding carboxylic acids is 1. The number of likely N-dealkylation sites (tertiary alicyclic amines) is 1. The zero-order valence-corrected chi connectivity index (χ0v) is 16.8. The molecule has 1 saturated heterocycles. The highest BCUT2D eigenvalue weighted by atomic mass is 16.6. The number of carbonyl (C=O) groups is 1. The van der Waals surface area contributed by atoms with Crippen LogP contribution >= 0.6 is 0 Å². The summed E-state index contributed by atoms with van der Waals surface area (Å²) in [5.74, 6) is -0.123. The molecule has 162 valence electrons. The maximum Gasteiger partial charge on any atom is 0.293 e. The van der Waals surface area contributed by atoms with Crippen LogP contribution in [0.4, 0.5) is 5.82 Å². The Morgan fingerprint density at radius 2 is 1.94 bits per heavy atom. The van der Waals surface area contributed by atoms with Gasteiger partial charge in [-0.15, -0.1) is 5.10 Å². The second-order valence-electron chi connectivity index (χ2n) is 7.25. The smallest absolute Gasteiger partial charge is 0.293 e. The second kappa shape index (κ2) is 9.34. The molecule has 0 radical (unpaired) electrons. The molecule has 0 atom stereocenters. The van der Waals surface area contributed by atoms with Gasteiger partial charge in [-0.2, -0.15) is 9.78 Å². The molecular weight excluding hydrogens is 402 g/mol. The van der Waals surface area contributed by atoms with Gasteiger partial charge in [0.25, 0.3) is 5.91 Å². The summed E-state index contributed by atoms with van der Waals surface area (Å²) in [6, 6.07) is 6.41. The van der Waals surface area contributed by atoms with Crippen molar-refractivity contribution in [1.82, 2.24) is 35.6 Å². The molecule has 1 fully saturated rings. The number of aromatic hydroxyl groups is 1. The molecule has 12 heteroatoms. The minimum Gasteiger partial charge on any atom is -0.508 e. The second-order valence-corrected chi connectivity index (χ2v) is 7.25. The Labute approximate surface area is 177 Å². The minimum absolute atomic E-state index is 0.0549. The Balaban J connectivity index is 1.56. The van der Waals surface area contributed by atoms with E-state index in [1.54, 1.807) is 12.1 Å². The van der Waals surface area contributed by atoms with Gasteiger partial charge in [-0.25, -0.2) is 10.1 Å². The van der Waals surface area contributed by atoms with Gasteiger partial charge in [0.05, 0.1) is 11.9 Å². The molecule has 1 amide bonds. The standard InChI is InChI=1S/C19H23N9O3/c20-17-18(25-31-24-17)28-15(12-27-9-3-1-2-4-10-27)16(22-26-28)19(30)23-21-11-13-5-7-14(29)8-6-13/h5-8,11,29H,1-4,9-10,12H2,(H2,20,24)(H,23,30)/b21-11-. The lowest BCUT2D eigenvalue weighted by molar-refractivity contribution is 0.0947. The van der Waals surface area contributed by atoms with Gasteiger partial charge in [-0.3, -0.25) is 9.69 Å². The fraction of sp³-hybridized carbons (Fsp3) is 0.368. The molecule has 0 spiro atoms. The van der Waals surface area contributed by atoms with Gasteiger partial charge in [0.15, 0.2) is 5.69 Å². The Bertz CT molecular complexity index is 1050. The maximum absolute atomic E-state index is 12.8. The summed E-state index contributed by atoms with van der Waals surface area (Å²) in [5.41, 5.74) is 9.66. The number of aromatic nitrogens is 5. The summed E-state index contributed by atoms with van der Waals surface area (Å²) < 4.78 is 6.07. The van der Waals surface area contributed by atoms with Crippen molar-refractivity contribution in [3.63, 3.8) is 0 Å². The zero-order valence-electron chi connectivity index (χ0n) is 16.8. The van der Waals surface area contributed by atoms with E-state index in [1.165, 1.54) is 35.9 Å². The molecule has 1 aromatic carbocycles. The molecule has 0 unspecified atom stereocenters. The Morgan fingerprint density at radius 3 is 2.61 bits per heavy atom. The molecule has 31 heavy (non-hydrogen) atoms. The van der Waals surface area contributed by atoms with E-state index < -0.39 is 5.91 Å². The fourth-order valence-electron chi connectivity index (χ4n) is 3.41. The van der Waals surface area contributed by atoms with E-state index in [-0.39, 0.29) is 23.1 Å². The van der Waals surface area contributed by atoms with E-state index in [4.69, 9.17) is 5.73 Å². The average Bonchev–Trinajstić information content (AvgIpc) is 3.27. The number of anilines is 1. The minimum atomic E-state index is -0.513. The van der Waals surface area contributed by atoms with E-state index in [1.807, 2.05) is 0 Å². The highest BCUT2D eigenvalue weighted by Gasteiger charge is 2.25. The van der Waals surface area contributed by atoms with Crippen LogP contribution in [0.5, 0.6) is 5.75 Å². The van der Waals surface area contributed by atoms with Crippen molar-refractivity contribution in [3.8, 4) is 11.6 Å². The first kappa shape index (κ1) is 20.5. The highest BCUT2D eigenvalue weighted by molar-refractivity contribution is 5.94. The number of phenols is 1. The molecule has 1 aliphatic heterocycles. The van der Waals surface area contributed by atoms with Crippen LogP contribution in [0.2, 0.25) is 0 Å². The molecule has 0 bridgehead atoms. The predicted octanol–water partition coefficient (Wildman–Crippen LogP) is 1.08. The normalized spacial score (nSPS) is 15.2. The summed E-state index contributed by atoms with van der Waals surface area (Å²) in [4.78, 5) is 15.0. The van der Waals surface area contributed by atoms with Crippen LogP contribution in [-0.2, 0) is 6.54 Å². The maximum atomic E-state index is 12.8. The van der Waals surface area contributed by atoms with Crippen LogP contribution in [0.25, 0.3) is 5.82 Å². The molecule has 4 N–H and O–H groups in total. The first-order valence-electron chi connectivity index (χ1n) is 9.99. The van der Waals surface area contributed by atoms with Crippen LogP contribution in [0.15, 0.2) is 34.0 Å². The lowest BCUT2D eigenvalue weighted by Gasteiger charge is -2.20. The summed E-state index contributed by atoms with van der Waals surface area (Å²) in [7, 11) is 0. The molecule has 1 aliphatic rings.